The molecule has 0 saturated carbocycles. The van der Waals surface area contributed by atoms with Crippen LogP contribution < -0.4 is 0 Å². The molecule has 9 heteroatoms. The van der Waals surface area contributed by atoms with E-state index >= 15 is 0 Å². The number of nitrogens with zero attached hydrogens (tertiary/aromatic N) is 5. The van der Waals surface area contributed by atoms with E-state index in [0.29, 0.717) is 19.7 Å². The monoisotopic (exact) mass is 353 g/mol. The molecule has 3 heterocycles. The lowest BCUT2D eigenvalue weighted by atomic mass is 10.1. The lowest BCUT2D eigenvalue weighted by Gasteiger charge is -2.33. The van der Waals surface area contributed by atoms with E-state index in [-0.39, 0.29) is 6.04 Å². The van der Waals surface area contributed by atoms with Crippen LogP contribution in [0.4, 0.5) is 0 Å². The topological polar surface area (TPSA) is 80.6 Å². The van der Waals surface area contributed by atoms with Crippen molar-refractivity contribution in [1.82, 2.24) is 23.1 Å². The maximum atomic E-state index is 12.3. The molecule has 2 aromatic rings. The third-order valence-electron chi connectivity index (χ3n) is 4.37. The highest BCUT2D eigenvalue weighted by Crippen LogP contribution is 2.29. The van der Waals surface area contributed by atoms with Crippen molar-refractivity contribution in [2.75, 3.05) is 34.3 Å². The van der Waals surface area contributed by atoms with Crippen molar-refractivity contribution in [1.29, 1.82) is 0 Å². The molecule has 0 radical (unpaired) electrons. The number of hydrogen-bond donors (Lipinski definition) is 0. The molecule has 0 spiro atoms. The van der Waals surface area contributed by atoms with Gasteiger partial charge in [0.2, 0.25) is 0 Å². The summed E-state index contributed by atoms with van der Waals surface area (Å²) in [5, 5.41) is 0. The van der Waals surface area contributed by atoms with E-state index in [0.717, 1.165) is 29.8 Å². The molecule has 0 unspecified atom stereocenters. The van der Waals surface area contributed by atoms with Gasteiger partial charge in [-0.1, -0.05) is 0 Å². The van der Waals surface area contributed by atoms with E-state index in [2.05, 4.69) is 14.5 Å². The fourth-order valence-electron chi connectivity index (χ4n) is 3.15. The van der Waals surface area contributed by atoms with Crippen LogP contribution >= 0.6 is 0 Å². The normalized spacial score (nSPS) is 17.8. The Kier molecular flexibility index (Phi) is 4.86. The Bertz CT molecular complexity index is 810. The Morgan fingerprint density at radius 2 is 2.04 bits per heavy atom. The van der Waals surface area contributed by atoms with Crippen LogP contribution in [0.15, 0.2) is 18.3 Å². The first-order valence-electron chi connectivity index (χ1n) is 7.93. The second-order valence-corrected chi connectivity index (χ2v) is 8.24. The number of fused-ring (bicyclic) bond motifs is 1. The fourth-order valence-corrected chi connectivity index (χ4v) is 4.29. The van der Waals surface area contributed by atoms with Crippen LogP contribution in [0.25, 0.3) is 11.2 Å². The summed E-state index contributed by atoms with van der Waals surface area (Å²) < 4.78 is 34.7. The van der Waals surface area contributed by atoms with Gasteiger partial charge >= 0.3 is 0 Å². The number of aromatic nitrogens is 3. The zero-order chi connectivity index (χ0) is 17.3. The minimum absolute atomic E-state index is 0.170. The van der Waals surface area contributed by atoms with Crippen molar-refractivity contribution >= 4 is 21.4 Å². The third-order valence-corrected chi connectivity index (χ3v) is 6.31. The average Bonchev–Trinajstić information content (AvgIpc) is 2.93. The lowest BCUT2D eigenvalue weighted by molar-refractivity contribution is 0.168. The van der Waals surface area contributed by atoms with Crippen LogP contribution in [0.1, 0.15) is 24.7 Å². The Labute approximate surface area is 142 Å². The van der Waals surface area contributed by atoms with Gasteiger partial charge in [0.1, 0.15) is 17.9 Å². The number of methoxy groups -OCH3 is 1. The zero-order valence-electron chi connectivity index (χ0n) is 14.2. The molecule has 2 aromatic heterocycles. The van der Waals surface area contributed by atoms with Gasteiger partial charge in [-0.15, -0.1) is 0 Å². The van der Waals surface area contributed by atoms with Gasteiger partial charge in [0.15, 0.2) is 5.65 Å². The Hall–Kier alpha value is -1.55. The Morgan fingerprint density at radius 3 is 2.67 bits per heavy atom. The molecule has 1 aliphatic rings. The van der Waals surface area contributed by atoms with Crippen LogP contribution in [-0.4, -0.2) is 65.9 Å². The van der Waals surface area contributed by atoms with Gasteiger partial charge in [-0.05, 0) is 25.0 Å². The summed E-state index contributed by atoms with van der Waals surface area (Å²) in [6, 6.07) is 3.97. The Balaban J connectivity index is 1.87. The average molecular weight is 353 g/mol. The molecule has 0 aromatic carbocycles. The number of piperidine rings is 1. The summed E-state index contributed by atoms with van der Waals surface area (Å²) in [5.41, 5.74) is 1.67. The van der Waals surface area contributed by atoms with Crippen molar-refractivity contribution in [2.24, 2.45) is 0 Å². The Morgan fingerprint density at radius 1 is 1.33 bits per heavy atom. The van der Waals surface area contributed by atoms with Crippen LogP contribution in [0, 0.1) is 0 Å². The van der Waals surface area contributed by atoms with Crippen LogP contribution in [0.3, 0.4) is 0 Å². The summed E-state index contributed by atoms with van der Waals surface area (Å²) in [4.78, 5) is 9.07. The molecule has 8 nitrogen and oxygen atoms in total. The molecule has 3 rings (SSSR count). The minimum Gasteiger partial charge on any atom is -0.377 e. The standard InChI is InChI=1S/C15H23N5O3S/c1-18(2)24(21,22)19-9-6-12(7-10-19)20-14(11-23-3)17-13-5-4-8-16-15(13)20/h4-5,8,12H,6-7,9-11H2,1-3H3. The van der Waals surface area contributed by atoms with Gasteiger partial charge in [-0.2, -0.15) is 17.0 Å². The molecule has 1 fully saturated rings. The summed E-state index contributed by atoms with van der Waals surface area (Å²) in [7, 11) is 1.41. The van der Waals surface area contributed by atoms with Gasteiger partial charge in [-0.25, -0.2) is 9.97 Å². The fraction of sp³-hybridized carbons (Fsp3) is 0.600. The molecule has 0 bridgehead atoms. The number of hydrogen-bond acceptors (Lipinski definition) is 5. The zero-order valence-corrected chi connectivity index (χ0v) is 15.0. The third kappa shape index (κ3) is 3.04. The van der Waals surface area contributed by atoms with Gasteiger partial charge in [0.05, 0.1) is 0 Å². The highest BCUT2D eigenvalue weighted by molar-refractivity contribution is 7.86. The summed E-state index contributed by atoms with van der Waals surface area (Å²) in [6.07, 6.45) is 3.21. The van der Waals surface area contributed by atoms with Crippen LogP contribution in [0.5, 0.6) is 0 Å². The van der Waals surface area contributed by atoms with E-state index in [4.69, 9.17) is 4.74 Å². The second-order valence-electron chi connectivity index (χ2n) is 6.10. The molecule has 24 heavy (non-hydrogen) atoms. The predicted molar refractivity (Wildman–Crippen MR) is 90.7 cm³/mol. The van der Waals surface area contributed by atoms with E-state index in [1.807, 2.05) is 12.1 Å². The molecule has 132 valence electrons. The van der Waals surface area contributed by atoms with Crippen molar-refractivity contribution < 1.29 is 13.2 Å². The highest BCUT2D eigenvalue weighted by atomic mass is 32.2. The van der Waals surface area contributed by atoms with E-state index in [1.54, 1.807) is 27.4 Å². The smallest absolute Gasteiger partial charge is 0.281 e. The van der Waals surface area contributed by atoms with Gasteiger partial charge in [-0.3, -0.25) is 0 Å². The predicted octanol–water partition coefficient (Wildman–Crippen LogP) is 1.02. The molecule has 0 N–H and O–H groups in total. The first kappa shape index (κ1) is 17.3. The van der Waals surface area contributed by atoms with Crippen LogP contribution in [0.2, 0.25) is 0 Å². The SMILES string of the molecule is COCc1nc2cccnc2n1C1CCN(S(=O)(=O)N(C)C)CC1. The van der Waals surface area contributed by atoms with Crippen LogP contribution in [-0.2, 0) is 21.6 Å². The maximum Gasteiger partial charge on any atom is 0.281 e. The minimum atomic E-state index is -3.35. The summed E-state index contributed by atoms with van der Waals surface area (Å²) >= 11 is 0. The highest BCUT2D eigenvalue weighted by Gasteiger charge is 2.31. The molecule has 0 amide bonds. The van der Waals surface area contributed by atoms with Crippen molar-refractivity contribution in [3.05, 3.63) is 24.2 Å². The molecular formula is C15H23N5O3S. The van der Waals surface area contributed by atoms with Crippen molar-refractivity contribution in [2.45, 2.75) is 25.5 Å². The summed E-state index contributed by atoms with van der Waals surface area (Å²) in [5.74, 6) is 0.833. The van der Waals surface area contributed by atoms with E-state index < -0.39 is 10.2 Å². The van der Waals surface area contributed by atoms with Crippen molar-refractivity contribution in [3.8, 4) is 0 Å². The second kappa shape index (κ2) is 6.75. The molecule has 0 atom stereocenters. The molecule has 1 saturated heterocycles. The largest absolute Gasteiger partial charge is 0.377 e. The van der Waals surface area contributed by atoms with E-state index in [1.165, 1.54) is 8.61 Å². The number of pyridine rings is 1. The van der Waals surface area contributed by atoms with E-state index in [9.17, 15) is 8.42 Å². The van der Waals surface area contributed by atoms with Crippen molar-refractivity contribution in [3.63, 3.8) is 0 Å². The van der Waals surface area contributed by atoms with Gasteiger partial charge in [0, 0.05) is 46.5 Å². The van der Waals surface area contributed by atoms with Gasteiger partial charge < -0.3 is 9.30 Å². The number of imidazole rings is 1. The number of rotatable bonds is 5. The quantitative estimate of drug-likeness (QED) is 0.802. The number of ether oxygens (including phenoxy) is 1. The van der Waals surface area contributed by atoms with Gasteiger partial charge in [0.25, 0.3) is 10.2 Å². The maximum absolute atomic E-state index is 12.3. The molecule has 0 aliphatic carbocycles. The molecular weight excluding hydrogens is 330 g/mol. The molecule has 1 aliphatic heterocycles. The first-order valence-corrected chi connectivity index (χ1v) is 9.33. The lowest BCUT2D eigenvalue weighted by Crippen LogP contribution is -2.44. The first-order chi connectivity index (χ1) is 11.4. The summed E-state index contributed by atoms with van der Waals surface area (Å²) in [6.45, 7) is 1.39.